The average molecular weight is 536 g/mol. The van der Waals surface area contributed by atoms with E-state index in [9.17, 15) is 14.7 Å². The number of nitrogens with two attached hydrogens (primary N) is 1. The van der Waals surface area contributed by atoms with Crippen molar-refractivity contribution in [3.63, 3.8) is 0 Å². The first-order valence-electron chi connectivity index (χ1n) is 13.4. The van der Waals surface area contributed by atoms with E-state index in [0.29, 0.717) is 25.1 Å². The van der Waals surface area contributed by atoms with Crippen molar-refractivity contribution in [2.45, 2.75) is 72.5 Å². The molecule has 1 aromatic carbocycles. The van der Waals surface area contributed by atoms with Crippen LogP contribution in [0, 0.1) is 18.3 Å². The quantitative estimate of drug-likeness (QED) is 0.256. The van der Waals surface area contributed by atoms with Gasteiger partial charge < -0.3 is 21.2 Å². The van der Waals surface area contributed by atoms with Gasteiger partial charge in [-0.3, -0.25) is 24.5 Å². The lowest BCUT2D eigenvalue weighted by atomic mass is 9.90. The fourth-order valence-corrected chi connectivity index (χ4v) is 4.63. The molecule has 2 amide bonds. The molecule has 1 aliphatic rings. The largest absolute Gasteiger partial charge is 0.394 e. The Kier molecular flexibility index (Phi) is 9.91. The van der Waals surface area contributed by atoms with Gasteiger partial charge in [0.25, 0.3) is 0 Å². The Morgan fingerprint density at radius 1 is 1.21 bits per heavy atom. The lowest BCUT2D eigenvalue weighted by Crippen LogP contribution is -2.50. The van der Waals surface area contributed by atoms with E-state index in [-0.39, 0.29) is 29.8 Å². The zero-order valence-corrected chi connectivity index (χ0v) is 23.8. The van der Waals surface area contributed by atoms with Gasteiger partial charge in [-0.15, -0.1) is 0 Å². The van der Waals surface area contributed by atoms with Crippen molar-refractivity contribution < 1.29 is 14.7 Å². The van der Waals surface area contributed by atoms with E-state index in [0.717, 1.165) is 22.5 Å². The number of rotatable bonds is 9. The molecular formula is C29H41N7O3. The Hall–Kier alpha value is -3.66. The standard InChI is InChI=1S/C29H41N7O3/c1-18(2)25(33-16-24(35-30)29(4,5)6)28(39)36-15-7-8-23(36)27(38)34-22(17-37)20-9-11-21(12-10-20)26-19(3)31-13-14-32-26/h9-14,16,18,22-23,25,37H,7-8,15,17,30H2,1-6H3,(H,34,38)/t22-,23-,25-/m0/s1. The highest BCUT2D eigenvalue weighted by molar-refractivity contribution is 6.32. The summed E-state index contributed by atoms with van der Waals surface area (Å²) >= 11 is 0. The van der Waals surface area contributed by atoms with Gasteiger partial charge >= 0.3 is 0 Å². The Morgan fingerprint density at radius 3 is 2.44 bits per heavy atom. The molecule has 3 rings (SSSR count). The van der Waals surface area contributed by atoms with Crippen LogP contribution in [0.2, 0.25) is 0 Å². The van der Waals surface area contributed by atoms with E-state index in [1.54, 1.807) is 23.5 Å². The summed E-state index contributed by atoms with van der Waals surface area (Å²) in [5, 5.41) is 16.9. The molecule has 0 aliphatic carbocycles. The predicted octanol–water partition coefficient (Wildman–Crippen LogP) is 3.05. The number of aliphatic hydroxyl groups is 1. The van der Waals surface area contributed by atoms with Crippen LogP contribution >= 0.6 is 0 Å². The molecule has 1 fully saturated rings. The number of hydrogen-bond acceptors (Lipinski definition) is 8. The molecule has 1 aliphatic heterocycles. The van der Waals surface area contributed by atoms with E-state index in [1.807, 2.05) is 65.8 Å². The summed E-state index contributed by atoms with van der Waals surface area (Å²) < 4.78 is 0. The van der Waals surface area contributed by atoms with E-state index in [1.165, 1.54) is 0 Å². The number of aromatic nitrogens is 2. The fourth-order valence-electron chi connectivity index (χ4n) is 4.63. The predicted molar refractivity (Wildman–Crippen MR) is 153 cm³/mol. The summed E-state index contributed by atoms with van der Waals surface area (Å²) in [6.07, 6.45) is 6.13. The van der Waals surface area contributed by atoms with Gasteiger partial charge in [0, 0.05) is 36.1 Å². The summed E-state index contributed by atoms with van der Waals surface area (Å²) in [5.41, 5.74) is 3.52. The molecule has 3 atom stereocenters. The van der Waals surface area contributed by atoms with Gasteiger partial charge in [-0.2, -0.15) is 5.10 Å². The summed E-state index contributed by atoms with van der Waals surface area (Å²) in [7, 11) is 0. The minimum atomic E-state index is -0.664. The van der Waals surface area contributed by atoms with Crippen molar-refractivity contribution in [2.75, 3.05) is 13.2 Å². The van der Waals surface area contributed by atoms with Gasteiger partial charge in [0.05, 0.1) is 29.7 Å². The summed E-state index contributed by atoms with van der Waals surface area (Å²) in [6, 6.07) is 5.61. The lowest BCUT2D eigenvalue weighted by Gasteiger charge is -2.29. The van der Waals surface area contributed by atoms with Crippen molar-refractivity contribution in [3.8, 4) is 11.3 Å². The van der Waals surface area contributed by atoms with Gasteiger partial charge in [0.2, 0.25) is 11.8 Å². The number of nitrogens with zero attached hydrogens (tertiary/aromatic N) is 5. The highest BCUT2D eigenvalue weighted by Gasteiger charge is 2.38. The summed E-state index contributed by atoms with van der Waals surface area (Å²) in [4.78, 5) is 41.8. The number of aliphatic hydroxyl groups excluding tert-OH is 1. The zero-order chi connectivity index (χ0) is 28.7. The first-order valence-corrected chi connectivity index (χ1v) is 13.4. The Labute approximate surface area is 230 Å². The number of carbonyl (C=O) groups is 2. The highest BCUT2D eigenvalue weighted by Crippen LogP contribution is 2.25. The number of carbonyl (C=O) groups excluding carboxylic acids is 2. The average Bonchev–Trinajstić information content (AvgIpc) is 3.39. The van der Waals surface area contributed by atoms with Crippen LogP contribution in [-0.4, -0.2) is 69.0 Å². The van der Waals surface area contributed by atoms with Crippen molar-refractivity contribution in [3.05, 3.63) is 47.9 Å². The maximum Gasteiger partial charge on any atom is 0.248 e. The third-order valence-corrected chi connectivity index (χ3v) is 6.95. The van der Waals surface area contributed by atoms with Crippen LogP contribution in [0.1, 0.15) is 64.8 Å². The molecule has 0 radical (unpaired) electrons. The zero-order valence-electron chi connectivity index (χ0n) is 23.8. The Morgan fingerprint density at radius 2 is 1.87 bits per heavy atom. The minimum Gasteiger partial charge on any atom is -0.394 e. The second kappa shape index (κ2) is 12.9. The minimum absolute atomic E-state index is 0.0845. The SMILES string of the molecule is Cc1nccnc1-c1ccc([C@H](CO)NC(=O)[C@@H]2CCCN2C(=O)[C@@H](N=CC(=NN)C(C)(C)C)C(C)C)cc1. The van der Waals surface area contributed by atoms with Gasteiger partial charge in [-0.05, 0) is 31.2 Å². The number of benzene rings is 1. The topological polar surface area (TPSA) is 146 Å². The smallest absolute Gasteiger partial charge is 0.248 e. The van der Waals surface area contributed by atoms with Crippen molar-refractivity contribution in [2.24, 2.45) is 27.3 Å². The third-order valence-electron chi connectivity index (χ3n) is 6.95. The number of amides is 2. The third kappa shape index (κ3) is 7.26. The number of nitrogens with one attached hydrogen (secondary N) is 1. The molecule has 0 unspecified atom stereocenters. The molecule has 1 aromatic heterocycles. The van der Waals surface area contributed by atoms with E-state index >= 15 is 0 Å². The molecule has 1 saturated heterocycles. The van der Waals surface area contributed by atoms with E-state index < -0.39 is 18.1 Å². The first kappa shape index (κ1) is 29.9. The van der Waals surface area contributed by atoms with Crippen LogP contribution in [0.15, 0.2) is 46.8 Å². The van der Waals surface area contributed by atoms with Crippen LogP contribution in [0.5, 0.6) is 0 Å². The van der Waals surface area contributed by atoms with Gasteiger partial charge in [-0.25, -0.2) is 0 Å². The fraction of sp³-hybridized carbons (Fsp3) is 0.517. The van der Waals surface area contributed by atoms with Gasteiger partial charge in [0.15, 0.2) is 0 Å². The van der Waals surface area contributed by atoms with E-state index in [4.69, 9.17) is 5.84 Å². The second-order valence-electron chi connectivity index (χ2n) is 11.3. The molecule has 2 heterocycles. The van der Waals surface area contributed by atoms with Gasteiger partial charge in [0.1, 0.15) is 12.1 Å². The highest BCUT2D eigenvalue weighted by atomic mass is 16.3. The normalized spacial score (nSPS) is 18.0. The molecule has 2 aromatic rings. The van der Waals surface area contributed by atoms with Crippen LogP contribution in [0.4, 0.5) is 0 Å². The maximum absolute atomic E-state index is 13.6. The number of likely N-dealkylation sites (tertiary alicyclic amines) is 1. The molecule has 10 heteroatoms. The molecule has 0 bridgehead atoms. The molecule has 4 N–H and O–H groups in total. The van der Waals surface area contributed by atoms with Crippen molar-refractivity contribution in [1.82, 2.24) is 20.2 Å². The monoisotopic (exact) mass is 535 g/mol. The molecule has 10 nitrogen and oxygen atoms in total. The lowest BCUT2D eigenvalue weighted by molar-refractivity contribution is -0.140. The molecule has 39 heavy (non-hydrogen) atoms. The first-order chi connectivity index (χ1) is 18.5. The van der Waals surface area contributed by atoms with Crippen LogP contribution < -0.4 is 11.2 Å². The van der Waals surface area contributed by atoms with Crippen molar-refractivity contribution in [1.29, 1.82) is 0 Å². The van der Waals surface area contributed by atoms with Crippen LogP contribution in [0.25, 0.3) is 11.3 Å². The number of aryl methyl sites for hydroxylation is 1. The number of hydrazone groups is 1. The Balaban J connectivity index is 1.74. The second-order valence-corrected chi connectivity index (χ2v) is 11.3. The molecule has 210 valence electrons. The van der Waals surface area contributed by atoms with Crippen LogP contribution in [-0.2, 0) is 9.59 Å². The molecular weight excluding hydrogens is 494 g/mol. The van der Waals surface area contributed by atoms with Crippen molar-refractivity contribution >= 4 is 23.7 Å². The molecule has 0 saturated carbocycles. The van der Waals surface area contributed by atoms with Gasteiger partial charge in [-0.1, -0.05) is 58.9 Å². The summed E-state index contributed by atoms with van der Waals surface area (Å²) in [6.45, 7) is 11.9. The maximum atomic E-state index is 13.6. The Bertz CT molecular complexity index is 1200. The summed E-state index contributed by atoms with van der Waals surface area (Å²) in [5.74, 6) is 4.98. The van der Waals surface area contributed by atoms with E-state index in [2.05, 4.69) is 25.4 Å². The molecule has 0 spiro atoms. The van der Waals surface area contributed by atoms with Crippen LogP contribution in [0.3, 0.4) is 0 Å². The number of aliphatic imine (C=N–C) groups is 1. The number of hydrogen-bond donors (Lipinski definition) is 3.